The maximum absolute atomic E-state index is 12.9. The van der Waals surface area contributed by atoms with Gasteiger partial charge in [-0.25, -0.2) is 4.98 Å². The van der Waals surface area contributed by atoms with Gasteiger partial charge in [0.25, 0.3) is 0 Å². The lowest BCUT2D eigenvalue weighted by atomic mass is 10.2. The zero-order valence-electron chi connectivity index (χ0n) is 12.3. The molecular weight excluding hydrogens is 393 g/mol. The van der Waals surface area contributed by atoms with E-state index in [9.17, 15) is 18.0 Å². The molecule has 0 spiro atoms. The molecule has 0 bridgehead atoms. The van der Waals surface area contributed by atoms with Crippen LogP contribution in [0.25, 0.3) is 0 Å². The lowest BCUT2D eigenvalue weighted by molar-refractivity contribution is -0.141. The third-order valence-electron chi connectivity index (χ3n) is 2.87. The molecule has 0 saturated carbocycles. The fraction of sp³-hybridized carbons (Fsp3) is 0.214. The van der Waals surface area contributed by atoms with Gasteiger partial charge in [0.1, 0.15) is 12.4 Å². The normalized spacial score (nSPS) is 11.2. The first-order valence-electron chi connectivity index (χ1n) is 6.60. The molecule has 0 radical (unpaired) electrons. The van der Waals surface area contributed by atoms with Crippen molar-refractivity contribution in [1.82, 2.24) is 9.97 Å². The average Bonchev–Trinajstić information content (AvgIpc) is 2.47. The van der Waals surface area contributed by atoms with Crippen molar-refractivity contribution >= 4 is 39.4 Å². The number of nitrogens with one attached hydrogen (secondary N) is 2. The summed E-state index contributed by atoms with van der Waals surface area (Å²) >= 11 is 3.30. The third-order valence-corrected chi connectivity index (χ3v) is 3.36. The van der Waals surface area contributed by atoms with E-state index >= 15 is 0 Å². The number of benzene rings is 1. The van der Waals surface area contributed by atoms with Gasteiger partial charge in [0.2, 0.25) is 5.95 Å². The largest absolute Gasteiger partial charge is 0.480 e. The highest BCUT2D eigenvalue weighted by atomic mass is 79.9. The topological polar surface area (TPSA) is 87.1 Å². The molecule has 3 N–H and O–H groups in total. The van der Waals surface area contributed by atoms with Crippen LogP contribution < -0.4 is 10.6 Å². The van der Waals surface area contributed by atoms with Gasteiger partial charge in [-0.2, -0.15) is 18.2 Å². The molecule has 0 aliphatic carbocycles. The average molecular weight is 405 g/mol. The summed E-state index contributed by atoms with van der Waals surface area (Å²) < 4.78 is 39.7. The molecule has 1 aromatic heterocycles. The lowest BCUT2D eigenvalue weighted by Gasteiger charge is -2.13. The van der Waals surface area contributed by atoms with Gasteiger partial charge in [-0.3, -0.25) is 4.79 Å². The molecule has 2 aromatic rings. The molecule has 0 saturated heterocycles. The van der Waals surface area contributed by atoms with Gasteiger partial charge in [0.05, 0.1) is 0 Å². The van der Waals surface area contributed by atoms with Crippen LogP contribution in [0.5, 0.6) is 0 Å². The van der Waals surface area contributed by atoms with Crippen molar-refractivity contribution in [2.75, 3.05) is 17.2 Å². The molecule has 1 aromatic carbocycles. The molecule has 24 heavy (non-hydrogen) atoms. The second-order valence-corrected chi connectivity index (χ2v) is 5.71. The Balaban J connectivity index is 2.36. The van der Waals surface area contributed by atoms with E-state index in [0.29, 0.717) is 5.69 Å². The smallest absolute Gasteiger partial charge is 0.433 e. The van der Waals surface area contributed by atoms with Crippen LogP contribution in [0, 0.1) is 6.92 Å². The highest BCUT2D eigenvalue weighted by Gasteiger charge is 2.33. The summed E-state index contributed by atoms with van der Waals surface area (Å²) in [5.41, 5.74) is 0.174. The van der Waals surface area contributed by atoms with E-state index in [1.165, 1.54) is 0 Å². The van der Waals surface area contributed by atoms with Crippen LogP contribution in [-0.4, -0.2) is 27.6 Å². The van der Waals surface area contributed by atoms with Gasteiger partial charge in [-0.05, 0) is 30.7 Å². The van der Waals surface area contributed by atoms with Gasteiger partial charge < -0.3 is 15.7 Å². The van der Waals surface area contributed by atoms with E-state index in [1.807, 2.05) is 0 Å². The highest BCUT2D eigenvalue weighted by Crippen LogP contribution is 2.31. The van der Waals surface area contributed by atoms with E-state index in [1.54, 1.807) is 25.1 Å². The molecule has 0 aliphatic heterocycles. The first kappa shape index (κ1) is 18.0. The van der Waals surface area contributed by atoms with Crippen molar-refractivity contribution in [1.29, 1.82) is 0 Å². The van der Waals surface area contributed by atoms with E-state index in [4.69, 9.17) is 5.11 Å². The predicted molar refractivity (Wildman–Crippen MR) is 85.3 cm³/mol. The SMILES string of the molecule is Cc1cc(Br)ccc1Nc1cc(C(F)(F)F)nc(NCC(=O)O)n1. The number of aliphatic carboxylic acids is 1. The zero-order chi connectivity index (χ0) is 17.9. The summed E-state index contributed by atoms with van der Waals surface area (Å²) in [4.78, 5) is 17.7. The molecule has 0 aliphatic rings. The fourth-order valence-electron chi connectivity index (χ4n) is 1.80. The van der Waals surface area contributed by atoms with Crippen LogP contribution in [0.4, 0.5) is 30.6 Å². The number of nitrogens with zero attached hydrogens (tertiary/aromatic N) is 2. The van der Waals surface area contributed by atoms with Crippen LogP contribution in [0.2, 0.25) is 0 Å². The number of carboxylic acid groups (broad SMARTS) is 1. The van der Waals surface area contributed by atoms with Gasteiger partial charge in [0, 0.05) is 16.2 Å². The molecular formula is C14H12BrF3N4O2. The number of aromatic nitrogens is 2. The molecule has 2 rings (SSSR count). The minimum absolute atomic E-state index is 0.101. The molecule has 10 heteroatoms. The number of aryl methyl sites for hydroxylation is 1. The minimum Gasteiger partial charge on any atom is -0.480 e. The van der Waals surface area contributed by atoms with Gasteiger partial charge in [-0.15, -0.1) is 0 Å². The number of carbonyl (C=O) groups is 1. The van der Waals surface area contributed by atoms with Gasteiger partial charge in [-0.1, -0.05) is 15.9 Å². The quantitative estimate of drug-likeness (QED) is 0.702. The molecule has 128 valence electrons. The summed E-state index contributed by atoms with van der Waals surface area (Å²) in [6, 6.07) is 5.95. The number of carboxylic acids is 1. The van der Waals surface area contributed by atoms with Crippen LogP contribution >= 0.6 is 15.9 Å². The van der Waals surface area contributed by atoms with Crippen molar-refractivity contribution in [3.05, 3.63) is 40.0 Å². The standard InChI is InChI=1S/C14H12BrF3N4O2/c1-7-4-8(15)2-3-9(7)20-11-5-10(14(16,17)18)21-13(22-11)19-6-12(23)24/h2-5H,6H2,1H3,(H,23,24)(H2,19,20,21,22). The Morgan fingerprint density at radius 2 is 2.00 bits per heavy atom. The molecule has 1 heterocycles. The predicted octanol–water partition coefficient (Wildman–Crippen LogP) is 3.81. The maximum atomic E-state index is 12.9. The Bertz CT molecular complexity index is 768. The Morgan fingerprint density at radius 1 is 1.29 bits per heavy atom. The van der Waals surface area contributed by atoms with E-state index < -0.39 is 30.3 Å². The molecule has 0 fully saturated rings. The molecule has 0 atom stereocenters. The molecule has 6 nitrogen and oxygen atoms in total. The van der Waals surface area contributed by atoms with Crippen molar-refractivity contribution in [2.45, 2.75) is 13.1 Å². The van der Waals surface area contributed by atoms with Crippen molar-refractivity contribution in [2.24, 2.45) is 0 Å². The van der Waals surface area contributed by atoms with Crippen molar-refractivity contribution in [3.8, 4) is 0 Å². The monoisotopic (exact) mass is 404 g/mol. The Morgan fingerprint density at radius 3 is 2.58 bits per heavy atom. The van der Waals surface area contributed by atoms with Crippen LogP contribution in [0.1, 0.15) is 11.3 Å². The first-order chi connectivity index (χ1) is 11.1. The van der Waals surface area contributed by atoms with Crippen LogP contribution in [0.15, 0.2) is 28.7 Å². The summed E-state index contributed by atoms with van der Waals surface area (Å²) in [5, 5.41) is 13.6. The Labute approximate surface area is 143 Å². The number of hydrogen-bond acceptors (Lipinski definition) is 5. The van der Waals surface area contributed by atoms with Gasteiger partial charge in [0.15, 0.2) is 5.69 Å². The number of rotatable bonds is 5. The summed E-state index contributed by atoms with van der Waals surface area (Å²) in [6.45, 7) is 1.18. The number of hydrogen-bond donors (Lipinski definition) is 3. The summed E-state index contributed by atoms with van der Waals surface area (Å²) in [6.07, 6.45) is -4.69. The second-order valence-electron chi connectivity index (χ2n) is 4.79. The number of alkyl halides is 3. The van der Waals surface area contributed by atoms with E-state index in [-0.39, 0.29) is 5.82 Å². The Kier molecular flexibility index (Phi) is 5.27. The van der Waals surface area contributed by atoms with Crippen molar-refractivity contribution in [3.63, 3.8) is 0 Å². The number of halogens is 4. The fourth-order valence-corrected chi connectivity index (χ4v) is 2.27. The van der Waals surface area contributed by atoms with E-state index in [2.05, 4.69) is 36.5 Å². The van der Waals surface area contributed by atoms with Crippen LogP contribution in [0.3, 0.4) is 0 Å². The van der Waals surface area contributed by atoms with Gasteiger partial charge >= 0.3 is 12.1 Å². The van der Waals surface area contributed by atoms with E-state index in [0.717, 1.165) is 16.1 Å². The lowest BCUT2D eigenvalue weighted by Crippen LogP contribution is -2.17. The zero-order valence-corrected chi connectivity index (χ0v) is 13.9. The number of anilines is 3. The van der Waals surface area contributed by atoms with Crippen LogP contribution in [-0.2, 0) is 11.0 Å². The third kappa shape index (κ3) is 4.82. The van der Waals surface area contributed by atoms with Crippen molar-refractivity contribution < 1.29 is 23.1 Å². The second kappa shape index (κ2) is 7.04. The summed E-state index contributed by atoms with van der Waals surface area (Å²) in [5.74, 6) is -1.77. The molecule has 0 amide bonds. The Hall–Kier alpha value is -2.36. The minimum atomic E-state index is -4.69. The maximum Gasteiger partial charge on any atom is 0.433 e. The highest BCUT2D eigenvalue weighted by molar-refractivity contribution is 9.10. The molecule has 0 unspecified atom stereocenters. The summed E-state index contributed by atoms with van der Waals surface area (Å²) in [7, 11) is 0. The first-order valence-corrected chi connectivity index (χ1v) is 7.39.